The van der Waals surface area contributed by atoms with E-state index in [4.69, 9.17) is 16.7 Å². The van der Waals surface area contributed by atoms with Gasteiger partial charge in [-0.2, -0.15) is 0 Å². The Kier molecular flexibility index (Phi) is 5.32. The van der Waals surface area contributed by atoms with Crippen molar-refractivity contribution in [2.45, 2.75) is 18.6 Å². The first-order valence-corrected chi connectivity index (χ1v) is 6.28. The minimum Gasteiger partial charge on any atom is -0.478 e. The van der Waals surface area contributed by atoms with Gasteiger partial charge in [0.1, 0.15) is 11.3 Å². The SMILES string of the molecule is O=C(O)c1cc(C(O)C(O)CCBr)cnc1Cl. The zero-order valence-corrected chi connectivity index (χ0v) is 11.0. The number of rotatable bonds is 5. The fourth-order valence-corrected chi connectivity index (χ4v) is 1.92. The minimum absolute atomic E-state index is 0.150. The van der Waals surface area contributed by atoms with E-state index in [-0.39, 0.29) is 16.3 Å². The van der Waals surface area contributed by atoms with Crippen molar-refractivity contribution in [3.05, 3.63) is 28.5 Å². The van der Waals surface area contributed by atoms with E-state index in [0.717, 1.165) is 0 Å². The van der Waals surface area contributed by atoms with Gasteiger partial charge in [0.15, 0.2) is 0 Å². The number of pyridine rings is 1. The molecule has 0 bridgehead atoms. The van der Waals surface area contributed by atoms with Gasteiger partial charge in [-0.05, 0) is 12.5 Å². The lowest BCUT2D eigenvalue weighted by Gasteiger charge is -2.17. The zero-order valence-electron chi connectivity index (χ0n) is 8.68. The van der Waals surface area contributed by atoms with Gasteiger partial charge in [0.05, 0.1) is 11.7 Å². The van der Waals surface area contributed by atoms with E-state index in [1.54, 1.807) is 0 Å². The van der Waals surface area contributed by atoms with Gasteiger partial charge in [-0.15, -0.1) is 0 Å². The van der Waals surface area contributed by atoms with E-state index in [1.807, 2.05) is 0 Å². The zero-order chi connectivity index (χ0) is 13.0. The Morgan fingerprint density at radius 1 is 1.53 bits per heavy atom. The molecular formula is C10H11BrClNO4. The van der Waals surface area contributed by atoms with Gasteiger partial charge >= 0.3 is 5.97 Å². The highest BCUT2D eigenvalue weighted by atomic mass is 79.9. The van der Waals surface area contributed by atoms with Crippen molar-refractivity contribution in [1.82, 2.24) is 4.98 Å². The summed E-state index contributed by atoms with van der Waals surface area (Å²) in [6.07, 6.45) is -0.585. The van der Waals surface area contributed by atoms with Crippen molar-refractivity contribution < 1.29 is 20.1 Å². The van der Waals surface area contributed by atoms with Crippen LogP contribution in [0.5, 0.6) is 0 Å². The number of aromatic nitrogens is 1. The van der Waals surface area contributed by atoms with Crippen molar-refractivity contribution in [1.29, 1.82) is 0 Å². The van der Waals surface area contributed by atoms with Crippen molar-refractivity contribution in [3.63, 3.8) is 0 Å². The highest BCUT2D eigenvalue weighted by molar-refractivity contribution is 9.09. The number of alkyl halides is 1. The molecular weight excluding hydrogens is 313 g/mol. The molecule has 0 fully saturated rings. The molecule has 0 spiro atoms. The predicted molar refractivity (Wildman–Crippen MR) is 65.6 cm³/mol. The van der Waals surface area contributed by atoms with E-state index in [0.29, 0.717) is 11.8 Å². The van der Waals surface area contributed by atoms with Crippen molar-refractivity contribution >= 4 is 33.5 Å². The molecule has 0 amide bonds. The van der Waals surface area contributed by atoms with Gasteiger partial charge in [-0.1, -0.05) is 27.5 Å². The topological polar surface area (TPSA) is 90.7 Å². The Labute approximate surface area is 111 Å². The highest BCUT2D eigenvalue weighted by Gasteiger charge is 2.20. The monoisotopic (exact) mass is 323 g/mol. The molecule has 0 saturated heterocycles. The first-order chi connectivity index (χ1) is 7.97. The number of halogens is 2. The summed E-state index contributed by atoms with van der Waals surface area (Å²) in [5, 5.41) is 28.6. The van der Waals surface area contributed by atoms with Crippen LogP contribution in [-0.2, 0) is 0 Å². The fraction of sp³-hybridized carbons (Fsp3) is 0.400. The first-order valence-electron chi connectivity index (χ1n) is 4.78. The van der Waals surface area contributed by atoms with E-state index in [2.05, 4.69) is 20.9 Å². The summed E-state index contributed by atoms with van der Waals surface area (Å²) in [5.41, 5.74) is 0.0227. The highest BCUT2D eigenvalue weighted by Crippen LogP contribution is 2.22. The number of aliphatic hydroxyl groups excluding tert-OH is 2. The summed E-state index contributed by atoms with van der Waals surface area (Å²) >= 11 is 8.73. The molecule has 5 nitrogen and oxygen atoms in total. The van der Waals surface area contributed by atoms with Crippen LogP contribution in [0.15, 0.2) is 12.3 Å². The minimum atomic E-state index is -1.23. The summed E-state index contributed by atoms with van der Waals surface area (Å²) in [6, 6.07) is 1.21. The van der Waals surface area contributed by atoms with Gasteiger partial charge in [0, 0.05) is 17.1 Å². The van der Waals surface area contributed by atoms with Gasteiger partial charge < -0.3 is 15.3 Å². The molecule has 1 rings (SSSR count). The summed E-state index contributed by atoms with van der Waals surface area (Å²) in [6.45, 7) is 0. The predicted octanol–water partition coefficient (Wildman–Crippen LogP) is 1.61. The second-order valence-electron chi connectivity index (χ2n) is 3.40. The number of hydrogen-bond acceptors (Lipinski definition) is 4. The van der Waals surface area contributed by atoms with Crippen molar-refractivity contribution in [2.75, 3.05) is 5.33 Å². The Balaban J connectivity index is 2.99. The van der Waals surface area contributed by atoms with Gasteiger partial charge in [0.2, 0.25) is 0 Å². The van der Waals surface area contributed by atoms with Crippen LogP contribution in [0, 0.1) is 0 Å². The summed E-state index contributed by atoms with van der Waals surface area (Å²) in [4.78, 5) is 14.5. The molecule has 2 unspecified atom stereocenters. The molecule has 17 heavy (non-hydrogen) atoms. The van der Waals surface area contributed by atoms with E-state index < -0.39 is 18.2 Å². The molecule has 94 valence electrons. The van der Waals surface area contributed by atoms with Crippen LogP contribution < -0.4 is 0 Å². The van der Waals surface area contributed by atoms with E-state index in [9.17, 15) is 15.0 Å². The van der Waals surface area contributed by atoms with Crippen LogP contribution in [0.4, 0.5) is 0 Å². The molecule has 1 aromatic heterocycles. The third-order valence-corrected chi connectivity index (χ3v) is 2.96. The number of hydrogen-bond donors (Lipinski definition) is 3. The third kappa shape index (κ3) is 3.64. The lowest BCUT2D eigenvalue weighted by Crippen LogP contribution is -2.19. The molecule has 0 radical (unpaired) electrons. The average Bonchev–Trinajstić information content (AvgIpc) is 2.28. The second kappa shape index (κ2) is 6.30. The number of nitrogens with zero attached hydrogens (tertiary/aromatic N) is 1. The van der Waals surface area contributed by atoms with Crippen LogP contribution in [0.25, 0.3) is 0 Å². The molecule has 2 atom stereocenters. The molecule has 0 aliphatic rings. The molecule has 0 saturated carbocycles. The van der Waals surface area contributed by atoms with Crippen LogP contribution in [-0.4, -0.2) is 37.7 Å². The summed E-state index contributed by atoms with van der Waals surface area (Å²) in [7, 11) is 0. The Morgan fingerprint density at radius 2 is 2.18 bits per heavy atom. The Bertz CT molecular complexity index is 415. The second-order valence-corrected chi connectivity index (χ2v) is 4.55. The van der Waals surface area contributed by atoms with E-state index in [1.165, 1.54) is 12.3 Å². The maximum atomic E-state index is 10.8. The lowest BCUT2D eigenvalue weighted by atomic mass is 10.0. The number of carboxylic acids is 1. The number of carboxylic acid groups (broad SMARTS) is 1. The molecule has 0 aromatic carbocycles. The van der Waals surface area contributed by atoms with Gasteiger partial charge in [0.25, 0.3) is 0 Å². The molecule has 3 N–H and O–H groups in total. The van der Waals surface area contributed by atoms with Crippen molar-refractivity contribution in [2.24, 2.45) is 0 Å². The average molecular weight is 325 g/mol. The molecule has 0 aliphatic carbocycles. The van der Waals surface area contributed by atoms with Gasteiger partial charge in [-0.3, -0.25) is 0 Å². The fourth-order valence-electron chi connectivity index (χ4n) is 1.27. The standard InChI is InChI=1S/C10H11BrClNO4/c11-2-1-7(14)8(15)5-3-6(10(16)17)9(12)13-4-5/h3-4,7-8,14-15H,1-2H2,(H,16,17). The first kappa shape index (κ1) is 14.4. The lowest BCUT2D eigenvalue weighted by molar-refractivity contribution is 0.0171. The normalized spacial score (nSPS) is 14.4. The maximum Gasteiger partial charge on any atom is 0.338 e. The molecule has 0 aliphatic heterocycles. The van der Waals surface area contributed by atoms with Crippen LogP contribution in [0.3, 0.4) is 0 Å². The van der Waals surface area contributed by atoms with E-state index >= 15 is 0 Å². The van der Waals surface area contributed by atoms with Crippen LogP contribution >= 0.6 is 27.5 Å². The number of aliphatic hydroxyl groups is 2. The maximum absolute atomic E-state index is 10.8. The molecule has 7 heteroatoms. The Hall–Kier alpha value is -0.690. The number of carbonyl (C=O) groups is 1. The smallest absolute Gasteiger partial charge is 0.338 e. The van der Waals surface area contributed by atoms with Crippen molar-refractivity contribution in [3.8, 4) is 0 Å². The third-order valence-electron chi connectivity index (χ3n) is 2.20. The molecule has 1 aromatic rings. The number of aromatic carboxylic acids is 1. The van der Waals surface area contributed by atoms with Gasteiger partial charge in [-0.25, -0.2) is 9.78 Å². The van der Waals surface area contributed by atoms with Crippen LogP contribution in [0.2, 0.25) is 5.15 Å². The largest absolute Gasteiger partial charge is 0.478 e. The summed E-state index contributed by atoms with van der Waals surface area (Å²) in [5.74, 6) is -1.23. The summed E-state index contributed by atoms with van der Waals surface area (Å²) < 4.78 is 0. The molecule has 1 heterocycles. The Morgan fingerprint density at radius 3 is 2.71 bits per heavy atom. The van der Waals surface area contributed by atoms with Crippen LogP contribution in [0.1, 0.15) is 28.4 Å². The quantitative estimate of drug-likeness (QED) is 0.565.